The van der Waals surface area contributed by atoms with Gasteiger partial charge in [-0.05, 0) is 29.0 Å². The summed E-state index contributed by atoms with van der Waals surface area (Å²) in [6.07, 6.45) is 0. The molecule has 0 aliphatic heterocycles. The number of hydrogen-bond donors (Lipinski definition) is 1. The summed E-state index contributed by atoms with van der Waals surface area (Å²) in [5.41, 5.74) is 1.65. The first-order valence-corrected chi connectivity index (χ1v) is 6.70. The van der Waals surface area contributed by atoms with E-state index in [1.54, 1.807) is 12.1 Å². The van der Waals surface area contributed by atoms with Crippen LogP contribution in [0.25, 0.3) is 0 Å². The molecule has 0 saturated carbocycles. The van der Waals surface area contributed by atoms with Crippen LogP contribution in [0.1, 0.15) is 5.56 Å². The number of carbonyl (C=O) groups excluding carboxylic acids is 1. The minimum Gasteiger partial charge on any atom is -0.384 e. The summed E-state index contributed by atoms with van der Waals surface area (Å²) in [6, 6.07) is 7.22. The Morgan fingerprint density at radius 3 is 2.40 bits per heavy atom. The number of aryl methyl sites for hydroxylation is 1. The van der Waals surface area contributed by atoms with E-state index in [-0.39, 0.29) is 5.75 Å². The lowest BCUT2D eigenvalue weighted by atomic mass is 10.2. The summed E-state index contributed by atoms with van der Waals surface area (Å²) in [7, 11) is -1.36. The van der Waals surface area contributed by atoms with Gasteiger partial charge in [0, 0.05) is 17.8 Å². The Hall–Kier alpha value is -1.00. The normalized spacial score (nSPS) is 12.4. The van der Waals surface area contributed by atoms with E-state index >= 15 is 0 Å². The van der Waals surface area contributed by atoms with Crippen molar-refractivity contribution in [2.24, 2.45) is 0 Å². The highest BCUT2D eigenvalue weighted by Crippen LogP contribution is 2.17. The molecule has 0 spiro atoms. The van der Waals surface area contributed by atoms with Crippen molar-refractivity contribution in [3.05, 3.63) is 29.8 Å². The first-order chi connectivity index (χ1) is 7.12. The third kappa shape index (κ3) is 2.97. The van der Waals surface area contributed by atoms with Crippen molar-refractivity contribution in [3.63, 3.8) is 0 Å². The van der Waals surface area contributed by atoms with Crippen LogP contribution < -0.4 is 0 Å². The standard InChI is InChI=1S/C11H16O3S/c1-10-3-5-11(6-4-10)15(13,9-12)8-7-14-2/h3-6,9,15H,7-8H2,1-2H3. The van der Waals surface area contributed by atoms with E-state index in [0.29, 0.717) is 17.1 Å². The Labute approximate surface area is 90.9 Å². The van der Waals surface area contributed by atoms with E-state index < -0.39 is 9.93 Å². The molecule has 0 fully saturated rings. The van der Waals surface area contributed by atoms with Crippen molar-refractivity contribution in [1.29, 1.82) is 0 Å². The van der Waals surface area contributed by atoms with Crippen molar-refractivity contribution in [3.8, 4) is 0 Å². The summed E-state index contributed by atoms with van der Waals surface area (Å²) in [6.45, 7) is 2.29. The van der Waals surface area contributed by atoms with Crippen molar-refractivity contribution in [2.75, 3.05) is 19.5 Å². The number of benzene rings is 1. The SMILES string of the molecule is COCC[SH](=O)(C=O)c1ccc(C)cc1. The Kier molecular flexibility index (Phi) is 4.17. The molecule has 0 aliphatic rings. The fraction of sp³-hybridized carbons (Fsp3) is 0.364. The molecular weight excluding hydrogens is 212 g/mol. The highest BCUT2D eigenvalue weighted by Gasteiger charge is 2.16. The minimum absolute atomic E-state index is 0.274. The highest BCUT2D eigenvalue weighted by atomic mass is 32.2. The lowest BCUT2D eigenvalue weighted by Gasteiger charge is -2.16. The van der Waals surface area contributed by atoms with E-state index in [1.807, 2.05) is 19.1 Å². The number of hydrogen-bond acceptors (Lipinski definition) is 3. The third-order valence-corrected chi connectivity index (χ3v) is 4.63. The van der Waals surface area contributed by atoms with Gasteiger partial charge in [0.05, 0.1) is 6.61 Å². The second kappa shape index (κ2) is 5.19. The van der Waals surface area contributed by atoms with Gasteiger partial charge in [-0.1, -0.05) is 17.7 Å². The number of methoxy groups -OCH3 is 1. The second-order valence-corrected chi connectivity index (χ2v) is 6.22. The molecule has 0 saturated heterocycles. The Bertz CT molecular complexity index is 370. The van der Waals surface area contributed by atoms with Crippen molar-refractivity contribution >= 4 is 15.6 Å². The number of carbonyl (C=O) groups is 1. The van der Waals surface area contributed by atoms with Crippen LogP contribution in [0.5, 0.6) is 0 Å². The molecule has 0 amide bonds. The van der Waals surface area contributed by atoms with Crippen molar-refractivity contribution in [1.82, 2.24) is 0 Å². The second-order valence-electron chi connectivity index (χ2n) is 3.45. The lowest BCUT2D eigenvalue weighted by Crippen LogP contribution is -2.21. The van der Waals surface area contributed by atoms with Crippen LogP contribution in [0, 0.1) is 6.92 Å². The van der Waals surface area contributed by atoms with Gasteiger partial charge in [-0.2, -0.15) is 0 Å². The predicted molar refractivity (Wildman–Crippen MR) is 62.5 cm³/mol. The number of rotatable bonds is 5. The Morgan fingerprint density at radius 1 is 1.33 bits per heavy atom. The topological polar surface area (TPSA) is 43.4 Å². The molecule has 84 valence electrons. The maximum atomic E-state index is 12.2. The van der Waals surface area contributed by atoms with Gasteiger partial charge in [0.15, 0.2) is 5.62 Å². The van der Waals surface area contributed by atoms with E-state index in [4.69, 9.17) is 4.74 Å². The molecular formula is C11H16O3S. The predicted octanol–water partition coefficient (Wildman–Crippen LogP) is 1.21. The average Bonchev–Trinajstić information content (AvgIpc) is 2.27. The molecule has 0 aromatic heterocycles. The molecule has 1 aromatic carbocycles. The van der Waals surface area contributed by atoms with Gasteiger partial charge < -0.3 is 4.74 Å². The molecule has 0 bridgehead atoms. The van der Waals surface area contributed by atoms with Crippen LogP contribution >= 0.6 is 0 Å². The van der Waals surface area contributed by atoms with Gasteiger partial charge >= 0.3 is 0 Å². The van der Waals surface area contributed by atoms with Crippen molar-refractivity contribution in [2.45, 2.75) is 11.8 Å². The maximum absolute atomic E-state index is 12.2. The van der Waals surface area contributed by atoms with E-state index in [9.17, 15) is 9.00 Å². The van der Waals surface area contributed by atoms with Crippen LogP contribution in [0.15, 0.2) is 29.2 Å². The number of thiol groups is 1. The summed E-state index contributed by atoms with van der Waals surface area (Å²) >= 11 is 0. The van der Waals surface area contributed by atoms with Gasteiger partial charge in [-0.15, -0.1) is 0 Å². The molecule has 0 heterocycles. The van der Waals surface area contributed by atoms with E-state index in [0.717, 1.165) is 5.56 Å². The molecule has 0 radical (unpaired) electrons. The van der Waals surface area contributed by atoms with Crippen LogP contribution in [0.4, 0.5) is 0 Å². The van der Waals surface area contributed by atoms with E-state index in [2.05, 4.69) is 0 Å². The zero-order valence-corrected chi connectivity index (χ0v) is 9.87. The van der Waals surface area contributed by atoms with Crippen LogP contribution in [0.3, 0.4) is 0 Å². The third-order valence-electron chi connectivity index (χ3n) is 2.27. The average molecular weight is 228 g/mol. The lowest BCUT2D eigenvalue weighted by molar-refractivity contribution is 0.217. The fourth-order valence-corrected chi connectivity index (χ4v) is 2.86. The molecule has 1 aromatic rings. The first kappa shape index (κ1) is 12.1. The summed E-state index contributed by atoms with van der Waals surface area (Å²) in [5.74, 6) is 0.274. The van der Waals surface area contributed by atoms with Crippen LogP contribution in [0.2, 0.25) is 0 Å². The van der Waals surface area contributed by atoms with Gasteiger partial charge in [-0.25, -0.2) is 0 Å². The molecule has 0 unspecified atom stereocenters. The van der Waals surface area contributed by atoms with Gasteiger partial charge in [-0.3, -0.25) is 9.00 Å². The molecule has 0 aliphatic carbocycles. The molecule has 15 heavy (non-hydrogen) atoms. The quantitative estimate of drug-likeness (QED) is 0.608. The largest absolute Gasteiger partial charge is 0.384 e. The molecule has 4 heteroatoms. The Balaban J connectivity index is 2.95. The fourth-order valence-electron chi connectivity index (χ4n) is 1.27. The zero-order valence-electron chi connectivity index (χ0n) is 8.97. The van der Waals surface area contributed by atoms with Gasteiger partial charge in [0.1, 0.15) is 0 Å². The van der Waals surface area contributed by atoms with Crippen molar-refractivity contribution < 1.29 is 13.7 Å². The zero-order chi connectivity index (χ0) is 11.3. The summed E-state index contributed by atoms with van der Waals surface area (Å²) < 4.78 is 17.1. The monoisotopic (exact) mass is 228 g/mol. The number of ether oxygens (including phenoxy) is 1. The maximum Gasteiger partial charge on any atom is 0.187 e. The molecule has 0 atom stereocenters. The first-order valence-electron chi connectivity index (χ1n) is 4.73. The van der Waals surface area contributed by atoms with Gasteiger partial charge in [0.25, 0.3) is 0 Å². The highest BCUT2D eigenvalue weighted by molar-refractivity contribution is 8.14. The minimum atomic E-state index is -2.89. The molecule has 0 N–H and O–H groups in total. The molecule has 3 nitrogen and oxygen atoms in total. The summed E-state index contributed by atoms with van der Waals surface area (Å²) in [5, 5.41) is 0. The Morgan fingerprint density at radius 2 is 1.93 bits per heavy atom. The van der Waals surface area contributed by atoms with Gasteiger partial charge in [0.2, 0.25) is 0 Å². The molecule has 1 rings (SSSR count). The van der Waals surface area contributed by atoms with Crippen LogP contribution in [-0.4, -0.2) is 29.3 Å². The van der Waals surface area contributed by atoms with E-state index in [1.165, 1.54) is 7.11 Å². The smallest absolute Gasteiger partial charge is 0.187 e. The van der Waals surface area contributed by atoms with Crippen LogP contribution in [-0.2, 0) is 19.5 Å². The summed E-state index contributed by atoms with van der Waals surface area (Å²) in [4.78, 5) is 11.5.